The third-order valence-electron chi connectivity index (χ3n) is 1.31. The molecule has 2 nitrogen and oxygen atoms in total. The molecule has 0 heterocycles. The summed E-state index contributed by atoms with van der Waals surface area (Å²) in [6.45, 7) is 0. The molecule has 0 unspecified atom stereocenters. The van der Waals surface area contributed by atoms with Gasteiger partial charge in [0.1, 0.15) is 12.4 Å². The Morgan fingerprint density at radius 2 is 1.83 bits per heavy atom. The zero-order valence-electron chi connectivity index (χ0n) is 5.84. The van der Waals surface area contributed by atoms with Crippen molar-refractivity contribution in [3.63, 3.8) is 0 Å². The van der Waals surface area contributed by atoms with E-state index in [2.05, 4.69) is 31.9 Å². The number of nitriles is 1. The van der Waals surface area contributed by atoms with Gasteiger partial charge in [0, 0.05) is 14.5 Å². The molecule has 60 valence electrons. The van der Waals surface area contributed by atoms with E-state index in [0.717, 1.165) is 6.29 Å². The van der Waals surface area contributed by atoms with Crippen LogP contribution in [0, 0.1) is 11.3 Å². The normalized spacial score (nSPS) is 9.08. The van der Waals surface area contributed by atoms with Crippen LogP contribution in [0.25, 0.3) is 0 Å². The third-order valence-corrected chi connectivity index (χ3v) is 2.56. The summed E-state index contributed by atoms with van der Waals surface area (Å²) in [6.07, 6.45) is 0.733. The van der Waals surface area contributed by atoms with Crippen LogP contribution in [0.1, 0.15) is 15.9 Å². The Kier molecular flexibility index (Phi) is 3.01. The van der Waals surface area contributed by atoms with Gasteiger partial charge in [-0.1, -0.05) is 0 Å². The molecule has 0 aromatic heterocycles. The van der Waals surface area contributed by atoms with E-state index in [1.165, 1.54) is 0 Å². The molecule has 12 heavy (non-hydrogen) atoms. The summed E-state index contributed by atoms with van der Waals surface area (Å²) in [7, 11) is 0. The van der Waals surface area contributed by atoms with E-state index in [-0.39, 0.29) is 0 Å². The van der Waals surface area contributed by atoms with Gasteiger partial charge in [0.25, 0.3) is 0 Å². The van der Waals surface area contributed by atoms with Crippen LogP contribution in [-0.4, -0.2) is 6.29 Å². The second-order valence-corrected chi connectivity index (χ2v) is 3.80. The lowest BCUT2D eigenvalue weighted by molar-refractivity contribution is 0.112. The summed E-state index contributed by atoms with van der Waals surface area (Å²) >= 11 is 6.38. The first kappa shape index (κ1) is 9.43. The van der Waals surface area contributed by atoms with Crippen LogP contribution in [0.5, 0.6) is 0 Å². The Labute approximate surface area is 86.5 Å². The van der Waals surface area contributed by atoms with Crippen molar-refractivity contribution in [3.8, 4) is 6.07 Å². The first-order chi connectivity index (χ1) is 5.69. The minimum atomic E-state index is 0.501. The molecule has 0 fully saturated rings. The summed E-state index contributed by atoms with van der Waals surface area (Å²) in [5.41, 5.74) is 1.04. The molecule has 0 aliphatic carbocycles. The van der Waals surface area contributed by atoms with Crippen LogP contribution in [0.3, 0.4) is 0 Å². The van der Waals surface area contributed by atoms with Crippen molar-refractivity contribution in [2.45, 2.75) is 0 Å². The van der Waals surface area contributed by atoms with E-state index in [1.54, 1.807) is 12.1 Å². The quantitative estimate of drug-likeness (QED) is 0.746. The lowest BCUT2D eigenvalue weighted by atomic mass is 10.2. The second kappa shape index (κ2) is 3.83. The Morgan fingerprint density at radius 1 is 1.33 bits per heavy atom. The Bertz CT molecular complexity index is 345. The van der Waals surface area contributed by atoms with Crippen molar-refractivity contribution in [1.82, 2.24) is 0 Å². The summed E-state index contributed by atoms with van der Waals surface area (Å²) in [5, 5.41) is 8.66. The highest BCUT2D eigenvalue weighted by Crippen LogP contribution is 2.25. The number of carbonyl (C=O) groups is 1. The van der Waals surface area contributed by atoms with Gasteiger partial charge in [0.2, 0.25) is 0 Å². The topological polar surface area (TPSA) is 40.9 Å². The molecule has 1 rings (SSSR count). The van der Waals surface area contributed by atoms with Crippen LogP contribution in [-0.2, 0) is 0 Å². The highest BCUT2D eigenvalue weighted by Gasteiger charge is 2.05. The number of benzene rings is 1. The molecule has 1 aromatic carbocycles. The maximum atomic E-state index is 10.4. The van der Waals surface area contributed by atoms with Crippen LogP contribution >= 0.6 is 31.9 Å². The van der Waals surface area contributed by atoms with Crippen LogP contribution in [0.15, 0.2) is 21.1 Å². The van der Waals surface area contributed by atoms with E-state index >= 15 is 0 Å². The fraction of sp³-hybridized carbons (Fsp3) is 0. The minimum absolute atomic E-state index is 0.501. The Hall–Kier alpha value is -0.660. The predicted octanol–water partition coefficient (Wildman–Crippen LogP) is 2.90. The van der Waals surface area contributed by atoms with Gasteiger partial charge >= 0.3 is 0 Å². The first-order valence-electron chi connectivity index (χ1n) is 3.03. The standard InChI is InChI=1S/C8H3Br2NO/c9-7-1-5(4-12)2-8(10)6(7)3-11/h1-2,4H. The molecule has 0 bridgehead atoms. The number of nitrogens with zero attached hydrogens (tertiary/aromatic N) is 1. The number of hydrogen-bond donors (Lipinski definition) is 0. The number of carbonyl (C=O) groups excluding carboxylic acids is 1. The largest absolute Gasteiger partial charge is 0.298 e. The maximum Gasteiger partial charge on any atom is 0.150 e. The zero-order valence-corrected chi connectivity index (χ0v) is 9.02. The summed E-state index contributed by atoms with van der Waals surface area (Å²) in [4.78, 5) is 10.4. The highest BCUT2D eigenvalue weighted by molar-refractivity contribution is 9.11. The maximum absolute atomic E-state index is 10.4. The molecule has 0 atom stereocenters. The minimum Gasteiger partial charge on any atom is -0.298 e. The van der Waals surface area contributed by atoms with E-state index in [0.29, 0.717) is 20.1 Å². The average Bonchev–Trinajstić information content (AvgIpc) is 2.03. The van der Waals surface area contributed by atoms with E-state index in [9.17, 15) is 4.79 Å². The van der Waals surface area contributed by atoms with Crippen molar-refractivity contribution in [2.75, 3.05) is 0 Å². The molecular weight excluding hydrogens is 286 g/mol. The molecule has 0 N–H and O–H groups in total. The van der Waals surface area contributed by atoms with Crippen LogP contribution < -0.4 is 0 Å². The molecule has 0 aliphatic heterocycles. The van der Waals surface area contributed by atoms with Gasteiger partial charge in [-0.2, -0.15) is 5.26 Å². The fourth-order valence-corrected chi connectivity index (χ4v) is 2.17. The number of halogens is 2. The van der Waals surface area contributed by atoms with Gasteiger partial charge in [-0.3, -0.25) is 4.79 Å². The Morgan fingerprint density at radius 3 is 2.17 bits per heavy atom. The molecule has 0 aliphatic rings. The van der Waals surface area contributed by atoms with Gasteiger partial charge in [-0.25, -0.2) is 0 Å². The van der Waals surface area contributed by atoms with Gasteiger partial charge in [-0.05, 0) is 44.0 Å². The molecule has 0 saturated heterocycles. The van der Waals surface area contributed by atoms with Gasteiger partial charge < -0.3 is 0 Å². The number of hydrogen-bond acceptors (Lipinski definition) is 2. The van der Waals surface area contributed by atoms with Gasteiger partial charge in [0.05, 0.1) is 5.56 Å². The smallest absolute Gasteiger partial charge is 0.150 e. The SMILES string of the molecule is N#Cc1c(Br)cc(C=O)cc1Br. The van der Waals surface area contributed by atoms with E-state index < -0.39 is 0 Å². The third kappa shape index (κ3) is 1.74. The second-order valence-electron chi connectivity index (χ2n) is 2.09. The monoisotopic (exact) mass is 287 g/mol. The lowest BCUT2D eigenvalue weighted by Crippen LogP contribution is -1.85. The number of rotatable bonds is 1. The first-order valence-corrected chi connectivity index (χ1v) is 4.62. The summed E-state index contributed by atoms with van der Waals surface area (Å²) in [6, 6.07) is 5.22. The van der Waals surface area contributed by atoms with Gasteiger partial charge in [0.15, 0.2) is 0 Å². The molecule has 0 saturated carbocycles. The van der Waals surface area contributed by atoms with E-state index in [4.69, 9.17) is 5.26 Å². The summed E-state index contributed by atoms with van der Waals surface area (Å²) in [5.74, 6) is 0. The molecular formula is C8H3Br2NO. The van der Waals surface area contributed by atoms with Crippen molar-refractivity contribution < 1.29 is 4.79 Å². The highest BCUT2D eigenvalue weighted by atomic mass is 79.9. The zero-order chi connectivity index (χ0) is 9.14. The van der Waals surface area contributed by atoms with Crippen LogP contribution in [0.2, 0.25) is 0 Å². The number of aldehydes is 1. The van der Waals surface area contributed by atoms with E-state index in [1.807, 2.05) is 6.07 Å². The van der Waals surface area contributed by atoms with Crippen molar-refractivity contribution in [3.05, 3.63) is 32.2 Å². The van der Waals surface area contributed by atoms with Crippen molar-refractivity contribution >= 4 is 38.1 Å². The predicted molar refractivity (Wildman–Crippen MR) is 51.9 cm³/mol. The lowest BCUT2D eigenvalue weighted by Gasteiger charge is -1.99. The van der Waals surface area contributed by atoms with Crippen molar-refractivity contribution in [2.24, 2.45) is 0 Å². The molecule has 1 aromatic rings. The van der Waals surface area contributed by atoms with Gasteiger partial charge in [-0.15, -0.1) is 0 Å². The molecule has 0 spiro atoms. The average molecular weight is 289 g/mol. The molecule has 0 amide bonds. The fourth-order valence-electron chi connectivity index (χ4n) is 0.768. The Balaban J connectivity index is 3.39. The van der Waals surface area contributed by atoms with Crippen LogP contribution in [0.4, 0.5) is 0 Å². The summed E-state index contributed by atoms with van der Waals surface area (Å²) < 4.78 is 1.25. The molecule has 4 heteroatoms. The molecule has 0 radical (unpaired) electrons. The van der Waals surface area contributed by atoms with Crippen molar-refractivity contribution in [1.29, 1.82) is 5.26 Å².